The van der Waals surface area contributed by atoms with Crippen molar-refractivity contribution in [3.8, 4) is 0 Å². The van der Waals surface area contributed by atoms with Gasteiger partial charge in [-0.25, -0.2) is 9.59 Å². The molecule has 0 aliphatic heterocycles. The number of nitrogens with zero attached hydrogens (tertiary/aromatic N) is 2. The first-order valence-electron chi connectivity index (χ1n) is 4.84. The number of nitrogens with one attached hydrogen (secondary N) is 2. The summed E-state index contributed by atoms with van der Waals surface area (Å²) in [5.74, 6) is -1.05. The Bertz CT molecular complexity index is 570. The summed E-state index contributed by atoms with van der Waals surface area (Å²) in [6.07, 6.45) is 1.41. The van der Waals surface area contributed by atoms with Crippen molar-refractivity contribution in [3.63, 3.8) is 0 Å². The number of carbonyl (C=O) groups excluding carboxylic acids is 1. The molecule has 2 amide bonds. The van der Waals surface area contributed by atoms with Gasteiger partial charge in [0.15, 0.2) is 0 Å². The van der Waals surface area contributed by atoms with Crippen molar-refractivity contribution in [2.45, 2.75) is 0 Å². The van der Waals surface area contributed by atoms with Gasteiger partial charge in [0.25, 0.3) is 0 Å². The molecule has 18 heavy (non-hydrogen) atoms. The minimum atomic E-state index is -1.05. The first kappa shape index (κ1) is 12.0. The van der Waals surface area contributed by atoms with Gasteiger partial charge in [-0.1, -0.05) is 10.6 Å². The van der Waals surface area contributed by atoms with Crippen LogP contribution in [0.4, 0.5) is 15.5 Å². The number of rotatable bonds is 3. The zero-order chi connectivity index (χ0) is 13.0. The van der Waals surface area contributed by atoms with Gasteiger partial charge in [-0.2, -0.15) is 0 Å². The fourth-order valence-electron chi connectivity index (χ4n) is 1.23. The number of carbonyl (C=O) groups is 2. The second kappa shape index (κ2) is 5.23. The molecule has 1 aromatic heterocycles. The van der Waals surface area contributed by atoms with Crippen molar-refractivity contribution in [3.05, 3.63) is 36.0 Å². The van der Waals surface area contributed by atoms with Crippen LogP contribution in [0.1, 0.15) is 10.4 Å². The van der Waals surface area contributed by atoms with E-state index in [-0.39, 0.29) is 5.56 Å². The number of aromatic carboxylic acids is 1. The molecule has 1 aromatic carbocycles. The smallest absolute Gasteiger partial charge is 0.335 e. The van der Waals surface area contributed by atoms with Gasteiger partial charge in [-0.3, -0.25) is 5.32 Å². The Morgan fingerprint density at radius 3 is 2.78 bits per heavy atom. The molecule has 0 radical (unpaired) electrons. The molecule has 0 saturated carbocycles. The third-order valence-corrected chi connectivity index (χ3v) is 2.55. The molecule has 92 valence electrons. The SMILES string of the molecule is O=C(Nc1cccc(C(=O)O)c1)Nc1cnns1. The van der Waals surface area contributed by atoms with Gasteiger partial charge < -0.3 is 10.4 Å². The minimum Gasteiger partial charge on any atom is -0.478 e. The van der Waals surface area contributed by atoms with Crippen molar-refractivity contribution >= 4 is 34.2 Å². The molecule has 1 heterocycles. The molecule has 7 nitrogen and oxygen atoms in total. The zero-order valence-corrected chi connectivity index (χ0v) is 9.77. The summed E-state index contributed by atoms with van der Waals surface area (Å²) in [6, 6.07) is 5.47. The quantitative estimate of drug-likeness (QED) is 0.785. The predicted octanol–water partition coefficient (Wildman–Crippen LogP) is 1.88. The molecule has 0 atom stereocenters. The van der Waals surface area contributed by atoms with Gasteiger partial charge in [-0.15, -0.1) is 5.10 Å². The van der Waals surface area contributed by atoms with E-state index >= 15 is 0 Å². The van der Waals surface area contributed by atoms with Gasteiger partial charge >= 0.3 is 12.0 Å². The van der Waals surface area contributed by atoms with Crippen molar-refractivity contribution in [2.24, 2.45) is 0 Å². The molecule has 2 aromatic rings. The highest BCUT2D eigenvalue weighted by Crippen LogP contribution is 2.13. The van der Waals surface area contributed by atoms with Crippen LogP contribution in [0.2, 0.25) is 0 Å². The van der Waals surface area contributed by atoms with E-state index in [1.165, 1.54) is 18.3 Å². The highest BCUT2D eigenvalue weighted by Gasteiger charge is 2.07. The van der Waals surface area contributed by atoms with E-state index in [0.717, 1.165) is 11.5 Å². The number of carboxylic acid groups (broad SMARTS) is 1. The Hall–Kier alpha value is -2.48. The Morgan fingerprint density at radius 1 is 1.28 bits per heavy atom. The molecule has 0 bridgehead atoms. The van der Waals surface area contributed by atoms with Crippen LogP contribution >= 0.6 is 11.5 Å². The molecule has 0 aliphatic rings. The number of benzene rings is 1. The van der Waals surface area contributed by atoms with Crippen LogP contribution in [0.5, 0.6) is 0 Å². The molecule has 0 unspecified atom stereocenters. The van der Waals surface area contributed by atoms with Crippen molar-refractivity contribution in [1.82, 2.24) is 9.59 Å². The van der Waals surface area contributed by atoms with Gasteiger partial charge in [-0.05, 0) is 18.2 Å². The molecule has 2 rings (SSSR count). The summed E-state index contributed by atoms with van der Waals surface area (Å²) < 4.78 is 3.59. The van der Waals surface area contributed by atoms with Crippen LogP contribution < -0.4 is 10.6 Å². The van der Waals surface area contributed by atoms with E-state index in [2.05, 4.69) is 20.2 Å². The fraction of sp³-hybridized carbons (Fsp3) is 0. The Morgan fingerprint density at radius 2 is 2.11 bits per heavy atom. The van der Waals surface area contributed by atoms with Crippen LogP contribution in [0, 0.1) is 0 Å². The number of aromatic nitrogens is 2. The highest BCUT2D eigenvalue weighted by molar-refractivity contribution is 7.10. The molecule has 8 heteroatoms. The van der Waals surface area contributed by atoms with Crippen LogP contribution in [-0.4, -0.2) is 26.7 Å². The van der Waals surface area contributed by atoms with Crippen LogP contribution in [0.15, 0.2) is 30.5 Å². The number of amides is 2. The average molecular weight is 264 g/mol. The van der Waals surface area contributed by atoms with Gasteiger partial charge in [0.05, 0.1) is 11.8 Å². The lowest BCUT2D eigenvalue weighted by molar-refractivity contribution is 0.0697. The summed E-state index contributed by atoms with van der Waals surface area (Å²) in [6.45, 7) is 0. The monoisotopic (exact) mass is 264 g/mol. The fourth-order valence-corrected chi connectivity index (χ4v) is 1.64. The Balaban J connectivity index is 2.03. The Kier molecular flexibility index (Phi) is 3.49. The number of hydrogen-bond acceptors (Lipinski definition) is 5. The van der Waals surface area contributed by atoms with E-state index in [9.17, 15) is 9.59 Å². The first-order chi connectivity index (χ1) is 8.65. The molecule has 0 spiro atoms. The average Bonchev–Trinajstić information content (AvgIpc) is 2.82. The van der Waals surface area contributed by atoms with E-state index in [0.29, 0.717) is 10.7 Å². The summed E-state index contributed by atoms with van der Waals surface area (Å²) in [5, 5.41) is 17.9. The summed E-state index contributed by atoms with van der Waals surface area (Å²) in [4.78, 5) is 22.3. The van der Waals surface area contributed by atoms with Gasteiger partial charge in [0, 0.05) is 17.2 Å². The third-order valence-electron chi connectivity index (χ3n) is 1.97. The zero-order valence-electron chi connectivity index (χ0n) is 8.95. The number of carboxylic acids is 1. The molecule has 0 fully saturated rings. The van der Waals surface area contributed by atoms with E-state index < -0.39 is 12.0 Å². The number of hydrogen-bond donors (Lipinski definition) is 3. The lowest BCUT2D eigenvalue weighted by atomic mass is 10.2. The van der Waals surface area contributed by atoms with Crippen LogP contribution in [0.25, 0.3) is 0 Å². The predicted molar refractivity (Wildman–Crippen MR) is 66.0 cm³/mol. The van der Waals surface area contributed by atoms with E-state index in [1.807, 2.05) is 0 Å². The van der Waals surface area contributed by atoms with Crippen molar-refractivity contribution in [2.75, 3.05) is 10.6 Å². The standard InChI is InChI=1S/C10H8N4O3S/c15-9(16)6-2-1-3-7(4-6)12-10(17)13-8-5-11-14-18-8/h1-5H,(H,15,16)(H2,12,13,17). The normalized spacial score (nSPS) is 9.78. The molecule has 0 aliphatic carbocycles. The second-order valence-electron chi connectivity index (χ2n) is 3.25. The van der Waals surface area contributed by atoms with Crippen LogP contribution in [-0.2, 0) is 0 Å². The van der Waals surface area contributed by atoms with Gasteiger partial charge in [0.2, 0.25) is 0 Å². The lowest BCUT2D eigenvalue weighted by Crippen LogP contribution is -2.18. The molecular weight excluding hydrogens is 256 g/mol. The number of urea groups is 1. The van der Waals surface area contributed by atoms with E-state index in [4.69, 9.17) is 5.11 Å². The topological polar surface area (TPSA) is 104 Å². The van der Waals surface area contributed by atoms with Crippen molar-refractivity contribution < 1.29 is 14.7 Å². The summed E-state index contributed by atoms with van der Waals surface area (Å²) in [5.41, 5.74) is 0.497. The Labute approximate surface area is 106 Å². The maximum atomic E-state index is 11.5. The lowest BCUT2D eigenvalue weighted by Gasteiger charge is -2.05. The second-order valence-corrected chi connectivity index (χ2v) is 4.03. The largest absolute Gasteiger partial charge is 0.478 e. The summed E-state index contributed by atoms with van der Waals surface area (Å²) in [7, 11) is 0. The third kappa shape index (κ3) is 3.01. The van der Waals surface area contributed by atoms with Gasteiger partial charge in [0.1, 0.15) is 5.00 Å². The molecular formula is C10H8N4O3S. The summed E-state index contributed by atoms with van der Waals surface area (Å²) >= 11 is 1.04. The van der Waals surface area contributed by atoms with Crippen molar-refractivity contribution in [1.29, 1.82) is 0 Å². The highest BCUT2D eigenvalue weighted by atomic mass is 32.1. The molecule has 0 saturated heterocycles. The van der Waals surface area contributed by atoms with E-state index in [1.54, 1.807) is 12.1 Å². The van der Waals surface area contributed by atoms with Crippen LogP contribution in [0.3, 0.4) is 0 Å². The number of anilines is 2. The first-order valence-corrected chi connectivity index (χ1v) is 5.61. The molecule has 3 N–H and O–H groups in total. The maximum absolute atomic E-state index is 11.5. The maximum Gasteiger partial charge on any atom is 0.335 e. The minimum absolute atomic E-state index is 0.104.